The second-order valence-corrected chi connectivity index (χ2v) is 6.70. The Morgan fingerprint density at radius 1 is 1.05 bits per heavy atom. The van der Waals surface area contributed by atoms with E-state index in [0.29, 0.717) is 5.75 Å². The molecule has 0 heterocycles. The van der Waals surface area contributed by atoms with Crippen LogP contribution in [-0.4, -0.2) is 5.11 Å². The van der Waals surface area contributed by atoms with E-state index in [1.807, 2.05) is 30.3 Å². The van der Waals surface area contributed by atoms with Crippen molar-refractivity contribution in [2.75, 3.05) is 0 Å². The van der Waals surface area contributed by atoms with E-state index in [-0.39, 0.29) is 12.0 Å². The van der Waals surface area contributed by atoms with Gasteiger partial charge in [0, 0.05) is 10.0 Å². The second kappa shape index (κ2) is 5.98. The van der Waals surface area contributed by atoms with E-state index in [0.717, 1.165) is 15.8 Å². The molecule has 0 saturated heterocycles. The Bertz CT molecular complexity index is 583. The zero-order valence-electron chi connectivity index (χ0n) is 12.0. The molecule has 0 aliphatic rings. The molecule has 0 unspecified atom stereocenters. The van der Waals surface area contributed by atoms with Crippen LogP contribution in [0, 0.1) is 0 Å². The molecule has 2 nitrogen and oxygen atoms in total. The Labute approximate surface area is 128 Å². The average molecular weight is 335 g/mol. The van der Waals surface area contributed by atoms with Crippen LogP contribution in [0.4, 0.5) is 0 Å². The molecule has 0 fully saturated rings. The van der Waals surface area contributed by atoms with E-state index in [1.165, 1.54) is 5.56 Å². The van der Waals surface area contributed by atoms with Gasteiger partial charge >= 0.3 is 0 Å². The molecular weight excluding hydrogens is 316 g/mol. The van der Waals surface area contributed by atoms with Crippen LogP contribution >= 0.6 is 15.9 Å². The van der Waals surface area contributed by atoms with E-state index in [1.54, 1.807) is 0 Å². The van der Waals surface area contributed by atoms with Gasteiger partial charge in [-0.2, -0.15) is 0 Å². The summed E-state index contributed by atoms with van der Waals surface area (Å²) in [5.74, 6) is 1.45. The summed E-state index contributed by atoms with van der Waals surface area (Å²) in [6.07, 6.45) is 0. The molecule has 0 spiro atoms. The lowest BCUT2D eigenvalue weighted by molar-refractivity contribution is 0.276. The number of hydrogen-bond donors (Lipinski definition) is 1. The predicted molar refractivity (Wildman–Crippen MR) is 85.3 cm³/mol. The molecule has 20 heavy (non-hydrogen) atoms. The summed E-state index contributed by atoms with van der Waals surface area (Å²) in [5, 5.41) is 9.37. The minimum absolute atomic E-state index is 0.0468. The number of benzene rings is 2. The summed E-state index contributed by atoms with van der Waals surface area (Å²) in [5.41, 5.74) is 2.16. The quantitative estimate of drug-likeness (QED) is 0.852. The molecule has 0 aliphatic heterocycles. The lowest BCUT2D eigenvalue weighted by Crippen LogP contribution is -2.10. The number of hydrogen-bond acceptors (Lipinski definition) is 2. The first-order chi connectivity index (χ1) is 9.40. The van der Waals surface area contributed by atoms with Gasteiger partial charge in [-0.1, -0.05) is 48.8 Å². The van der Waals surface area contributed by atoms with Crippen LogP contribution < -0.4 is 4.74 Å². The Kier molecular flexibility index (Phi) is 4.51. The van der Waals surface area contributed by atoms with Crippen LogP contribution in [0.15, 0.2) is 46.9 Å². The van der Waals surface area contributed by atoms with E-state index in [4.69, 9.17) is 4.74 Å². The first-order valence-electron chi connectivity index (χ1n) is 6.58. The molecule has 3 heteroatoms. The summed E-state index contributed by atoms with van der Waals surface area (Å²) in [4.78, 5) is 0. The van der Waals surface area contributed by atoms with Crippen molar-refractivity contribution in [3.05, 3.63) is 58.1 Å². The summed E-state index contributed by atoms with van der Waals surface area (Å²) >= 11 is 3.39. The molecule has 0 bridgehead atoms. The highest BCUT2D eigenvalue weighted by Gasteiger charge is 2.13. The highest BCUT2D eigenvalue weighted by atomic mass is 79.9. The molecule has 2 rings (SSSR count). The Hall–Kier alpha value is -1.32. The fraction of sp³-hybridized carbons (Fsp3) is 0.294. The second-order valence-electron chi connectivity index (χ2n) is 5.79. The van der Waals surface area contributed by atoms with Gasteiger partial charge in [-0.3, -0.25) is 0 Å². The molecule has 0 radical (unpaired) electrons. The zero-order chi connectivity index (χ0) is 14.8. The molecule has 1 N–H and O–H groups in total. The molecule has 0 aromatic heterocycles. The monoisotopic (exact) mass is 334 g/mol. The highest BCUT2D eigenvalue weighted by molar-refractivity contribution is 9.10. The normalized spacial score (nSPS) is 11.4. The van der Waals surface area contributed by atoms with Gasteiger partial charge in [-0.25, -0.2) is 0 Å². The third-order valence-electron chi connectivity index (χ3n) is 3.14. The SMILES string of the molecule is CC(C)(C)c1ccc(Oc2ccc(Br)cc2CO)cc1. The predicted octanol–water partition coefficient (Wildman–Crippen LogP) is 5.03. The van der Waals surface area contributed by atoms with E-state index < -0.39 is 0 Å². The van der Waals surface area contributed by atoms with Gasteiger partial charge in [0.2, 0.25) is 0 Å². The molecule has 2 aromatic rings. The smallest absolute Gasteiger partial charge is 0.133 e. The fourth-order valence-corrected chi connectivity index (χ4v) is 2.33. The van der Waals surface area contributed by atoms with Gasteiger partial charge in [0.05, 0.1) is 6.61 Å². The van der Waals surface area contributed by atoms with Gasteiger partial charge in [0.15, 0.2) is 0 Å². The van der Waals surface area contributed by atoms with Crippen molar-refractivity contribution in [3.63, 3.8) is 0 Å². The summed E-state index contributed by atoms with van der Waals surface area (Å²) in [6.45, 7) is 6.50. The first kappa shape index (κ1) is 15.1. The lowest BCUT2D eigenvalue weighted by atomic mass is 9.87. The highest BCUT2D eigenvalue weighted by Crippen LogP contribution is 2.30. The van der Waals surface area contributed by atoms with Crippen LogP contribution in [-0.2, 0) is 12.0 Å². The van der Waals surface area contributed by atoms with Crippen LogP contribution in [0.1, 0.15) is 31.9 Å². The van der Waals surface area contributed by atoms with E-state index in [9.17, 15) is 5.11 Å². The molecular formula is C17H19BrO2. The minimum Gasteiger partial charge on any atom is -0.457 e. The van der Waals surface area contributed by atoms with Crippen molar-refractivity contribution >= 4 is 15.9 Å². The van der Waals surface area contributed by atoms with Gasteiger partial charge in [0.1, 0.15) is 11.5 Å². The van der Waals surface area contributed by atoms with Gasteiger partial charge in [0.25, 0.3) is 0 Å². The Morgan fingerprint density at radius 3 is 2.25 bits per heavy atom. The zero-order valence-corrected chi connectivity index (χ0v) is 13.6. The standard InChI is InChI=1S/C17H19BrO2/c1-17(2,3)13-4-7-15(8-5-13)20-16-9-6-14(18)10-12(16)11-19/h4-10,19H,11H2,1-3H3. The maximum absolute atomic E-state index is 9.37. The first-order valence-corrected chi connectivity index (χ1v) is 7.37. The summed E-state index contributed by atoms with van der Waals surface area (Å²) in [6, 6.07) is 13.7. The number of halogens is 1. The average Bonchev–Trinajstić information content (AvgIpc) is 2.40. The van der Waals surface area contributed by atoms with Crippen molar-refractivity contribution in [1.29, 1.82) is 0 Å². The van der Waals surface area contributed by atoms with Crippen molar-refractivity contribution in [2.24, 2.45) is 0 Å². The molecule has 0 atom stereocenters. The Balaban J connectivity index is 2.22. The van der Waals surface area contributed by atoms with Crippen LogP contribution in [0.2, 0.25) is 0 Å². The molecule has 106 valence electrons. The summed E-state index contributed by atoms with van der Waals surface area (Å²) in [7, 11) is 0. The molecule has 0 saturated carbocycles. The van der Waals surface area contributed by atoms with Crippen LogP contribution in [0.5, 0.6) is 11.5 Å². The van der Waals surface area contributed by atoms with E-state index in [2.05, 4.69) is 48.8 Å². The van der Waals surface area contributed by atoms with Crippen molar-refractivity contribution in [2.45, 2.75) is 32.8 Å². The topological polar surface area (TPSA) is 29.5 Å². The van der Waals surface area contributed by atoms with Crippen LogP contribution in [0.25, 0.3) is 0 Å². The third kappa shape index (κ3) is 3.62. The number of ether oxygens (including phenoxy) is 1. The summed E-state index contributed by atoms with van der Waals surface area (Å²) < 4.78 is 6.77. The van der Waals surface area contributed by atoms with Gasteiger partial charge in [-0.05, 0) is 41.3 Å². The Morgan fingerprint density at radius 2 is 1.70 bits per heavy atom. The lowest BCUT2D eigenvalue weighted by Gasteiger charge is -2.19. The number of aliphatic hydroxyl groups is 1. The molecule has 2 aromatic carbocycles. The van der Waals surface area contributed by atoms with Crippen molar-refractivity contribution in [1.82, 2.24) is 0 Å². The van der Waals surface area contributed by atoms with Crippen molar-refractivity contribution in [3.8, 4) is 11.5 Å². The van der Waals surface area contributed by atoms with E-state index >= 15 is 0 Å². The third-order valence-corrected chi connectivity index (χ3v) is 3.63. The van der Waals surface area contributed by atoms with Gasteiger partial charge < -0.3 is 9.84 Å². The largest absolute Gasteiger partial charge is 0.457 e. The maximum Gasteiger partial charge on any atom is 0.133 e. The van der Waals surface area contributed by atoms with Gasteiger partial charge in [-0.15, -0.1) is 0 Å². The van der Waals surface area contributed by atoms with Crippen LogP contribution in [0.3, 0.4) is 0 Å². The maximum atomic E-state index is 9.37. The number of rotatable bonds is 3. The molecule has 0 aliphatic carbocycles. The minimum atomic E-state index is -0.0468. The number of aliphatic hydroxyl groups excluding tert-OH is 1. The molecule has 0 amide bonds. The fourth-order valence-electron chi connectivity index (χ4n) is 1.92. The van der Waals surface area contributed by atoms with Crippen molar-refractivity contribution < 1.29 is 9.84 Å².